The molecule has 0 saturated carbocycles. The molecule has 0 aliphatic rings. The molecule has 0 radical (unpaired) electrons. The van der Waals surface area contributed by atoms with Gasteiger partial charge < -0.3 is 14.8 Å². The van der Waals surface area contributed by atoms with E-state index in [2.05, 4.69) is 21.2 Å². The van der Waals surface area contributed by atoms with Crippen LogP contribution in [0, 0.1) is 0 Å². The molecule has 0 aromatic heterocycles. The topological polar surface area (TPSA) is 47.6 Å². The third-order valence-corrected chi connectivity index (χ3v) is 3.62. The number of hydrogen-bond acceptors (Lipinski definition) is 4. The first kappa shape index (κ1) is 15.4. The van der Waals surface area contributed by atoms with Gasteiger partial charge in [-0.25, -0.2) is 4.79 Å². The molecule has 2 rings (SSSR count). The minimum absolute atomic E-state index is 0.342. The van der Waals surface area contributed by atoms with E-state index < -0.39 is 0 Å². The van der Waals surface area contributed by atoms with Gasteiger partial charge in [0, 0.05) is 12.2 Å². The average molecular weight is 350 g/mol. The Hall–Kier alpha value is -2.01. The molecule has 0 saturated heterocycles. The van der Waals surface area contributed by atoms with E-state index in [1.54, 1.807) is 19.2 Å². The molecule has 5 heteroatoms. The monoisotopic (exact) mass is 349 g/mol. The molecular formula is C16H16BrNO3. The number of methoxy groups -OCH3 is 2. The number of hydrogen-bond donors (Lipinski definition) is 1. The molecule has 0 fully saturated rings. The second kappa shape index (κ2) is 7.13. The summed E-state index contributed by atoms with van der Waals surface area (Å²) in [5.41, 5.74) is 2.49. The highest BCUT2D eigenvalue weighted by molar-refractivity contribution is 9.10. The maximum Gasteiger partial charge on any atom is 0.337 e. The fourth-order valence-corrected chi connectivity index (χ4v) is 2.49. The first-order chi connectivity index (χ1) is 10.1. The Morgan fingerprint density at radius 2 is 2.00 bits per heavy atom. The molecule has 0 bridgehead atoms. The van der Waals surface area contributed by atoms with Gasteiger partial charge in [0.05, 0.1) is 24.3 Å². The number of esters is 1. The molecule has 110 valence electrons. The van der Waals surface area contributed by atoms with Crippen LogP contribution < -0.4 is 10.1 Å². The van der Waals surface area contributed by atoms with Crippen molar-refractivity contribution < 1.29 is 14.3 Å². The second-order valence-electron chi connectivity index (χ2n) is 4.39. The van der Waals surface area contributed by atoms with Crippen LogP contribution in [-0.2, 0) is 11.3 Å². The standard InChI is InChI=1S/C16H16BrNO3/c1-20-15-7-6-11(8-14(15)17)10-18-13-5-3-4-12(9-13)16(19)21-2/h3-9,18H,10H2,1-2H3. The van der Waals surface area contributed by atoms with Crippen molar-refractivity contribution in [3.05, 3.63) is 58.1 Å². The van der Waals surface area contributed by atoms with Crippen molar-refractivity contribution in [2.75, 3.05) is 19.5 Å². The zero-order valence-corrected chi connectivity index (χ0v) is 13.4. The van der Waals surface area contributed by atoms with Crippen molar-refractivity contribution in [1.29, 1.82) is 0 Å². The van der Waals surface area contributed by atoms with Gasteiger partial charge in [0.2, 0.25) is 0 Å². The van der Waals surface area contributed by atoms with Crippen molar-refractivity contribution in [1.82, 2.24) is 0 Å². The highest BCUT2D eigenvalue weighted by Crippen LogP contribution is 2.25. The maximum absolute atomic E-state index is 11.5. The molecule has 0 spiro atoms. The average Bonchev–Trinajstić information content (AvgIpc) is 2.52. The van der Waals surface area contributed by atoms with Crippen LogP contribution in [0.1, 0.15) is 15.9 Å². The fourth-order valence-electron chi connectivity index (χ4n) is 1.90. The smallest absolute Gasteiger partial charge is 0.337 e. The highest BCUT2D eigenvalue weighted by Gasteiger charge is 2.06. The predicted octanol–water partition coefficient (Wildman–Crippen LogP) is 3.86. The zero-order valence-electron chi connectivity index (χ0n) is 11.9. The maximum atomic E-state index is 11.5. The van der Waals surface area contributed by atoms with Crippen LogP contribution >= 0.6 is 15.9 Å². The molecule has 0 aliphatic carbocycles. The van der Waals surface area contributed by atoms with Crippen LogP contribution in [0.15, 0.2) is 46.9 Å². The number of benzene rings is 2. The van der Waals surface area contributed by atoms with E-state index in [4.69, 9.17) is 9.47 Å². The number of carbonyl (C=O) groups excluding carboxylic acids is 1. The van der Waals surface area contributed by atoms with Gasteiger partial charge in [0.15, 0.2) is 0 Å². The molecule has 1 N–H and O–H groups in total. The quantitative estimate of drug-likeness (QED) is 0.832. The minimum atomic E-state index is -0.342. The van der Waals surface area contributed by atoms with Crippen LogP contribution in [0.2, 0.25) is 0 Å². The molecule has 4 nitrogen and oxygen atoms in total. The highest BCUT2D eigenvalue weighted by atomic mass is 79.9. The van der Waals surface area contributed by atoms with Crippen LogP contribution in [0.3, 0.4) is 0 Å². The van der Waals surface area contributed by atoms with E-state index in [9.17, 15) is 4.79 Å². The van der Waals surface area contributed by atoms with E-state index in [-0.39, 0.29) is 5.97 Å². The number of ether oxygens (including phenoxy) is 2. The summed E-state index contributed by atoms with van der Waals surface area (Å²) in [6.07, 6.45) is 0. The molecule has 21 heavy (non-hydrogen) atoms. The number of rotatable bonds is 5. The summed E-state index contributed by atoms with van der Waals surface area (Å²) in [4.78, 5) is 11.5. The Labute approximate surface area is 132 Å². The summed E-state index contributed by atoms with van der Waals surface area (Å²) in [7, 11) is 3.01. The van der Waals surface area contributed by atoms with Crippen LogP contribution in [-0.4, -0.2) is 20.2 Å². The third kappa shape index (κ3) is 3.98. The van der Waals surface area contributed by atoms with E-state index >= 15 is 0 Å². The number of nitrogens with one attached hydrogen (secondary N) is 1. The first-order valence-electron chi connectivity index (χ1n) is 6.38. The van der Waals surface area contributed by atoms with Gasteiger partial charge in [-0.1, -0.05) is 12.1 Å². The van der Waals surface area contributed by atoms with Gasteiger partial charge >= 0.3 is 5.97 Å². The van der Waals surface area contributed by atoms with Crippen LogP contribution in [0.5, 0.6) is 5.75 Å². The Morgan fingerprint density at radius 3 is 2.67 bits per heavy atom. The Balaban J connectivity index is 2.06. The van der Waals surface area contributed by atoms with Crippen LogP contribution in [0.25, 0.3) is 0 Å². The van der Waals surface area contributed by atoms with Gasteiger partial charge in [-0.3, -0.25) is 0 Å². The van der Waals surface area contributed by atoms with Crippen molar-refractivity contribution in [2.24, 2.45) is 0 Å². The molecule has 2 aromatic rings. The van der Waals surface area contributed by atoms with Gasteiger partial charge in [-0.15, -0.1) is 0 Å². The number of halogens is 1. The first-order valence-corrected chi connectivity index (χ1v) is 7.18. The summed E-state index contributed by atoms with van der Waals surface area (Å²) in [6, 6.07) is 13.1. The third-order valence-electron chi connectivity index (χ3n) is 3.00. The van der Waals surface area contributed by atoms with E-state index in [0.717, 1.165) is 21.5 Å². The molecule has 0 unspecified atom stereocenters. The Kier molecular flexibility index (Phi) is 5.22. The number of anilines is 1. The van der Waals surface area contributed by atoms with E-state index in [1.165, 1.54) is 7.11 Å². The molecule has 0 atom stereocenters. The normalized spacial score (nSPS) is 10.0. The molecular weight excluding hydrogens is 334 g/mol. The second-order valence-corrected chi connectivity index (χ2v) is 5.25. The number of carbonyl (C=O) groups is 1. The van der Waals surface area contributed by atoms with Crippen molar-refractivity contribution in [3.8, 4) is 5.75 Å². The Morgan fingerprint density at radius 1 is 1.19 bits per heavy atom. The summed E-state index contributed by atoms with van der Waals surface area (Å²) in [6.45, 7) is 0.646. The SMILES string of the molecule is COC(=O)c1cccc(NCc2ccc(OC)c(Br)c2)c1. The van der Waals surface area contributed by atoms with Gasteiger partial charge in [-0.2, -0.15) is 0 Å². The molecule has 0 heterocycles. The zero-order chi connectivity index (χ0) is 15.2. The van der Waals surface area contributed by atoms with Gasteiger partial charge in [-0.05, 0) is 51.8 Å². The molecule has 0 amide bonds. The lowest BCUT2D eigenvalue weighted by atomic mass is 10.2. The van der Waals surface area contributed by atoms with Crippen molar-refractivity contribution in [3.63, 3.8) is 0 Å². The lowest BCUT2D eigenvalue weighted by Crippen LogP contribution is -2.04. The predicted molar refractivity (Wildman–Crippen MR) is 85.8 cm³/mol. The fraction of sp³-hybridized carbons (Fsp3) is 0.188. The summed E-state index contributed by atoms with van der Waals surface area (Å²) < 4.78 is 10.8. The lowest BCUT2D eigenvalue weighted by molar-refractivity contribution is 0.0601. The Bertz CT molecular complexity index is 643. The summed E-state index contributed by atoms with van der Waals surface area (Å²) >= 11 is 3.46. The van der Waals surface area contributed by atoms with Crippen LogP contribution in [0.4, 0.5) is 5.69 Å². The van der Waals surface area contributed by atoms with Gasteiger partial charge in [0.1, 0.15) is 5.75 Å². The van der Waals surface area contributed by atoms with Crippen molar-refractivity contribution in [2.45, 2.75) is 6.54 Å². The summed E-state index contributed by atoms with van der Waals surface area (Å²) in [5.74, 6) is 0.456. The summed E-state index contributed by atoms with van der Waals surface area (Å²) in [5, 5.41) is 3.28. The minimum Gasteiger partial charge on any atom is -0.496 e. The largest absolute Gasteiger partial charge is 0.496 e. The molecule has 2 aromatic carbocycles. The van der Waals surface area contributed by atoms with Crippen molar-refractivity contribution >= 4 is 27.6 Å². The van der Waals surface area contributed by atoms with E-state index in [1.807, 2.05) is 30.3 Å². The molecule has 0 aliphatic heterocycles. The van der Waals surface area contributed by atoms with E-state index in [0.29, 0.717) is 12.1 Å². The van der Waals surface area contributed by atoms with Gasteiger partial charge in [0.25, 0.3) is 0 Å². The lowest BCUT2D eigenvalue weighted by Gasteiger charge is -2.09.